The second kappa shape index (κ2) is 7.09. The van der Waals surface area contributed by atoms with E-state index in [0.29, 0.717) is 5.75 Å². The Bertz CT molecular complexity index is 598. The molecule has 0 saturated heterocycles. The van der Waals surface area contributed by atoms with Gasteiger partial charge in [0.15, 0.2) is 5.65 Å². The number of aliphatic hydroxyl groups excluding tert-OH is 1. The number of aryl methyl sites for hydroxylation is 1. The Labute approximate surface area is 129 Å². The fourth-order valence-corrected chi connectivity index (χ4v) is 2.67. The van der Waals surface area contributed by atoms with Crippen LogP contribution in [-0.2, 0) is 12.8 Å². The molecule has 0 aliphatic carbocycles. The minimum absolute atomic E-state index is 0.155. The van der Waals surface area contributed by atoms with Crippen molar-refractivity contribution in [2.75, 3.05) is 11.9 Å². The van der Waals surface area contributed by atoms with Gasteiger partial charge in [0.25, 0.3) is 0 Å². The van der Waals surface area contributed by atoms with Crippen LogP contribution in [0.25, 0.3) is 11.0 Å². The third kappa shape index (κ3) is 3.85. The van der Waals surface area contributed by atoms with E-state index in [2.05, 4.69) is 27.3 Å². The molecule has 0 radical (unpaired) electrons. The first-order valence-corrected chi connectivity index (χ1v) is 8.30. The van der Waals surface area contributed by atoms with Crippen LogP contribution in [0.3, 0.4) is 0 Å². The van der Waals surface area contributed by atoms with Gasteiger partial charge in [-0.15, -0.1) is 11.8 Å². The zero-order valence-corrected chi connectivity index (χ0v) is 13.8. The van der Waals surface area contributed by atoms with Gasteiger partial charge in [-0.25, -0.2) is 9.97 Å². The van der Waals surface area contributed by atoms with E-state index in [-0.39, 0.29) is 11.4 Å². The number of hydrogen-bond donors (Lipinski definition) is 2. The molecule has 2 atom stereocenters. The average Bonchev–Trinajstić information content (AvgIpc) is 2.84. The first kappa shape index (κ1) is 16.0. The fraction of sp³-hybridized carbons (Fsp3) is 0.643. The zero-order chi connectivity index (χ0) is 15.4. The van der Waals surface area contributed by atoms with Gasteiger partial charge in [0.1, 0.15) is 11.6 Å². The van der Waals surface area contributed by atoms with Crippen molar-refractivity contribution in [3.63, 3.8) is 0 Å². The number of nitrogens with zero attached hydrogens (tertiary/aromatic N) is 4. The molecule has 0 aliphatic rings. The number of aromatic nitrogens is 4. The third-order valence-corrected chi connectivity index (χ3v) is 4.68. The van der Waals surface area contributed by atoms with Crippen LogP contribution in [0.2, 0.25) is 0 Å². The predicted molar refractivity (Wildman–Crippen MR) is 87.5 cm³/mol. The van der Waals surface area contributed by atoms with Crippen molar-refractivity contribution < 1.29 is 5.11 Å². The summed E-state index contributed by atoms with van der Waals surface area (Å²) in [5.74, 6) is 2.28. The number of aliphatic hydroxyl groups is 1. The van der Waals surface area contributed by atoms with Crippen molar-refractivity contribution in [3.8, 4) is 0 Å². The lowest BCUT2D eigenvalue weighted by molar-refractivity contribution is 0.196. The number of nitrogens with one attached hydrogen (secondary N) is 1. The van der Waals surface area contributed by atoms with Crippen LogP contribution in [-0.4, -0.2) is 42.8 Å². The first-order valence-electron chi connectivity index (χ1n) is 7.25. The monoisotopic (exact) mass is 309 g/mol. The summed E-state index contributed by atoms with van der Waals surface area (Å²) in [6.07, 6.45) is 2.49. The Morgan fingerprint density at radius 3 is 2.81 bits per heavy atom. The summed E-state index contributed by atoms with van der Waals surface area (Å²) in [4.78, 5) is 9.19. The van der Waals surface area contributed by atoms with Gasteiger partial charge in [0.2, 0.25) is 0 Å². The quantitative estimate of drug-likeness (QED) is 0.816. The van der Waals surface area contributed by atoms with E-state index in [0.717, 1.165) is 35.6 Å². The summed E-state index contributed by atoms with van der Waals surface area (Å²) in [7, 11) is 1.88. The molecular formula is C14H23N5OS. The molecule has 2 N–H and O–H groups in total. The number of fused-ring (bicyclic) bond motifs is 1. The summed E-state index contributed by atoms with van der Waals surface area (Å²) < 4.78 is 1.76. The molecular weight excluding hydrogens is 286 g/mol. The van der Waals surface area contributed by atoms with Crippen LogP contribution in [0.4, 0.5) is 5.82 Å². The molecule has 0 aliphatic heterocycles. The van der Waals surface area contributed by atoms with Crippen molar-refractivity contribution in [2.24, 2.45) is 7.05 Å². The van der Waals surface area contributed by atoms with Gasteiger partial charge in [0.05, 0.1) is 23.4 Å². The summed E-state index contributed by atoms with van der Waals surface area (Å²) in [5, 5.41) is 18.3. The topological polar surface area (TPSA) is 75.9 Å². The molecule has 7 heteroatoms. The minimum atomic E-state index is -0.340. The predicted octanol–water partition coefficient (Wildman–Crippen LogP) is 2.19. The van der Waals surface area contributed by atoms with Crippen LogP contribution in [0.1, 0.15) is 33.0 Å². The SMILES string of the molecule is CCCNc1nc(CSC(C)C(C)O)nc2c1cnn2C. The highest BCUT2D eigenvalue weighted by Crippen LogP contribution is 2.23. The third-order valence-electron chi connectivity index (χ3n) is 3.34. The molecule has 2 aromatic rings. The summed E-state index contributed by atoms with van der Waals surface area (Å²) in [5.41, 5.74) is 0.837. The zero-order valence-electron chi connectivity index (χ0n) is 13.0. The molecule has 0 saturated carbocycles. The van der Waals surface area contributed by atoms with Crippen molar-refractivity contribution in [1.29, 1.82) is 0 Å². The van der Waals surface area contributed by atoms with Crippen molar-refractivity contribution in [3.05, 3.63) is 12.0 Å². The molecule has 0 amide bonds. The minimum Gasteiger partial charge on any atom is -0.392 e. The maximum Gasteiger partial charge on any atom is 0.163 e. The summed E-state index contributed by atoms with van der Waals surface area (Å²) in [6, 6.07) is 0. The highest BCUT2D eigenvalue weighted by atomic mass is 32.2. The Balaban J connectivity index is 2.25. The lowest BCUT2D eigenvalue weighted by Crippen LogP contribution is -2.15. The van der Waals surface area contributed by atoms with Gasteiger partial charge >= 0.3 is 0 Å². The molecule has 0 aromatic carbocycles. The molecule has 0 fully saturated rings. The molecule has 0 spiro atoms. The molecule has 2 aromatic heterocycles. The molecule has 21 heavy (non-hydrogen) atoms. The van der Waals surface area contributed by atoms with Crippen LogP contribution >= 0.6 is 11.8 Å². The van der Waals surface area contributed by atoms with Gasteiger partial charge in [0, 0.05) is 18.8 Å². The molecule has 2 unspecified atom stereocenters. The molecule has 2 heterocycles. The van der Waals surface area contributed by atoms with Crippen molar-refractivity contribution >= 4 is 28.6 Å². The van der Waals surface area contributed by atoms with Gasteiger partial charge < -0.3 is 10.4 Å². The van der Waals surface area contributed by atoms with Crippen LogP contribution in [0.15, 0.2) is 6.20 Å². The molecule has 116 valence electrons. The van der Waals surface area contributed by atoms with E-state index < -0.39 is 0 Å². The van der Waals surface area contributed by atoms with E-state index in [1.165, 1.54) is 0 Å². The van der Waals surface area contributed by atoms with Gasteiger partial charge in [-0.3, -0.25) is 4.68 Å². The molecule has 6 nitrogen and oxygen atoms in total. The lowest BCUT2D eigenvalue weighted by Gasteiger charge is -2.14. The first-order chi connectivity index (χ1) is 10.0. The standard InChI is InChI=1S/C14H23N5OS/c1-5-6-15-13-11-7-16-19(4)14(11)18-12(17-13)8-21-10(3)9(2)20/h7,9-10,20H,5-6,8H2,1-4H3,(H,15,17,18). The second-order valence-electron chi connectivity index (χ2n) is 5.18. The average molecular weight is 309 g/mol. The Morgan fingerprint density at radius 1 is 1.38 bits per heavy atom. The van der Waals surface area contributed by atoms with Gasteiger partial charge in [-0.2, -0.15) is 5.10 Å². The van der Waals surface area contributed by atoms with Crippen LogP contribution in [0.5, 0.6) is 0 Å². The smallest absolute Gasteiger partial charge is 0.163 e. The molecule has 0 bridgehead atoms. The maximum atomic E-state index is 9.56. The van der Waals surface area contributed by atoms with Crippen molar-refractivity contribution in [2.45, 2.75) is 44.3 Å². The van der Waals surface area contributed by atoms with E-state index in [4.69, 9.17) is 0 Å². The number of hydrogen-bond acceptors (Lipinski definition) is 6. The van der Waals surface area contributed by atoms with Gasteiger partial charge in [-0.05, 0) is 13.3 Å². The summed E-state index contributed by atoms with van der Waals surface area (Å²) in [6.45, 7) is 6.80. The highest BCUT2D eigenvalue weighted by molar-refractivity contribution is 7.99. The number of thioether (sulfide) groups is 1. The molecule has 2 rings (SSSR count). The summed E-state index contributed by atoms with van der Waals surface area (Å²) >= 11 is 1.65. The van der Waals surface area contributed by atoms with E-state index in [9.17, 15) is 5.11 Å². The number of anilines is 1. The van der Waals surface area contributed by atoms with E-state index in [1.807, 2.05) is 14.0 Å². The van der Waals surface area contributed by atoms with E-state index >= 15 is 0 Å². The Morgan fingerprint density at radius 2 is 2.14 bits per heavy atom. The lowest BCUT2D eigenvalue weighted by atomic mass is 10.3. The normalized spacial score (nSPS) is 14.3. The second-order valence-corrected chi connectivity index (χ2v) is 6.54. The largest absolute Gasteiger partial charge is 0.392 e. The maximum absolute atomic E-state index is 9.56. The number of rotatable bonds is 7. The van der Waals surface area contributed by atoms with E-state index in [1.54, 1.807) is 29.6 Å². The Kier molecular flexibility index (Phi) is 5.41. The van der Waals surface area contributed by atoms with Gasteiger partial charge in [-0.1, -0.05) is 13.8 Å². The fourth-order valence-electron chi connectivity index (χ4n) is 1.86. The Hall–Kier alpha value is -1.34. The van der Waals surface area contributed by atoms with Crippen molar-refractivity contribution in [1.82, 2.24) is 19.7 Å². The highest BCUT2D eigenvalue weighted by Gasteiger charge is 2.14. The van der Waals surface area contributed by atoms with Crippen LogP contribution < -0.4 is 5.32 Å². The van der Waals surface area contributed by atoms with Crippen LogP contribution in [0, 0.1) is 0 Å².